The van der Waals surface area contributed by atoms with E-state index in [9.17, 15) is 0 Å². The Morgan fingerprint density at radius 3 is 1.26 bits per heavy atom. The first-order chi connectivity index (χ1) is 28.8. The second kappa shape index (κ2) is 10.8. The summed E-state index contributed by atoms with van der Waals surface area (Å²) in [4.78, 5) is 2.56. The van der Waals surface area contributed by atoms with Gasteiger partial charge in [0.25, 0.3) is 0 Å². The van der Waals surface area contributed by atoms with Gasteiger partial charge >= 0.3 is 0 Å². The Hall–Kier alpha value is -7.20. The molecule has 0 bridgehead atoms. The van der Waals surface area contributed by atoms with Crippen molar-refractivity contribution in [1.82, 2.24) is 4.40 Å². The van der Waals surface area contributed by atoms with Gasteiger partial charge in [0.15, 0.2) is 8.07 Å². The van der Waals surface area contributed by atoms with Gasteiger partial charge in [-0.25, -0.2) is 0 Å². The minimum absolute atomic E-state index is 0.550. The Labute approximate surface area is 336 Å². The summed E-state index contributed by atoms with van der Waals surface area (Å²) < 4.78 is 2.47. The fourth-order valence-corrected chi connectivity index (χ4v) is 17.8. The summed E-state index contributed by atoms with van der Waals surface area (Å²) in [5.41, 5.74) is 15.1. The first-order valence-corrected chi connectivity index (χ1v) is 22.4. The molecule has 3 heteroatoms. The summed E-state index contributed by atoms with van der Waals surface area (Å²) in [5.74, 6) is 0. The molecule has 11 aromatic rings. The lowest BCUT2D eigenvalue weighted by molar-refractivity contribution is 0.736. The Kier molecular flexibility index (Phi) is 5.76. The summed E-state index contributed by atoms with van der Waals surface area (Å²) in [6.07, 6.45) is 0. The minimum atomic E-state index is -2.74. The third-order valence-corrected chi connectivity index (χ3v) is 18.9. The van der Waals surface area contributed by atoms with Crippen molar-refractivity contribution in [3.63, 3.8) is 0 Å². The number of hydrogen-bond acceptors (Lipinski definition) is 1. The zero-order valence-electron chi connectivity index (χ0n) is 31.5. The zero-order chi connectivity index (χ0) is 37.7. The standard InChI is InChI=1S/C55H34N2Si/c1-9-25-46-36(17-1)40-33-35(34-41-37-18-2-10-26-47(37)57(46)54(40)41)56-48-27-11-5-21-42(48)55(43-22-6-12-28-49(43)56)44-23-7-15-31-52(44)58(53-32-16-8-24-45(53)55)50-29-13-3-19-38(50)39-20-4-14-30-51(39)58/h1-34H. The van der Waals surface area contributed by atoms with E-state index >= 15 is 0 Å². The SMILES string of the molecule is c1ccc2c(c1)-c1ccccc1[Si]21c2ccccc2C2(c3ccccc3N(c3cc4c5ccccc5n5c6ccccc6c(c3)c45)c3ccccc32)c2ccccc21. The molecule has 2 spiro atoms. The number of hydrogen-bond donors (Lipinski definition) is 0. The molecule has 0 saturated carbocycles. The highest BCUT2D eigenvalue weighted by atomic mass is 28.3. The lowest BCUT2D eigenvalue weighted by atomic mass is 9.62. The van der Waals surface area contributed by atoms with Gasteiger partial charge < -0.3 is 9.30 Å². The van der Waals surface area contributed by atoms with Gasteiger partial charge in [0.05, 0.1) is 33.3 Å². The van der Waals surface area contributed by atoms with E-state index < -0.39 is 13.5 Å². The molecule has 5 heterocycles. The van der Waals surface area contributed by atoms with Crippen LogP contribution in [0.15, 0.2) is 206 Å². The van der Waals surface area contributed by atoms with Crippen LogP contribution in [0, 0.1) is 0 Å². The van der Waals surface area contributed by atoms with Crippen molar-refractivity contribution >= 4 is 84.0 Å². The second-order valence-electron chi connectivity index (χ2n) is 16.3. The van der Waals surface area contributed by atoms with Crippen LogP contribution < -0.4 is 25.6 Å². The molecular weight excluding hydrogens is 717 g/mol. The van der Waals surface area contributed by atoms with Crippen LogP contribution in [0.3, 0.4) is 0 Å². The highest BCUT2D eigenvalue weighted by molar-refractivity contribution is 7.22. The molecule has 3 aliphatic heterocycles. The van der Waals surface area contributed by atoms with Gasteiger partial charge in [0.1, 0.15) is 0 Å². The van der Waals surface area contributed by atoms with Crippen molar-refractivity contribution in [3.05, 3.63) is 229 Å². The van der Waals surface area contributed by atoms with Gasteiger partial charge in [-0.2, -0.15) is 0 Å². The summed E-state index contributed by atoms with van der Waals surface area (Å²) in [6.45, 7) is 0. The van der Waals surface area contributed by atoms with Crippen LogP contribution in [-0.4, -0.2) is 12.5 Å². The maximum atomic E-state index is 2.56. The first kappa shape index (κ1) is 30.9. The average molecular weight is 751 g/mol. The molecule has 0 amide bonds. The largest absolute Gasteiger partial charge is 0.310 e. The Morgan fingerprint density at radius 2 is 0.741 bits per heavy atom. The van der Waals surface area contributed by atoms with Gasteiger partial charge in [0.2, 0.25) is 0 Å². The smallest absolute Gasteiger partial charge is 0.181 e. The van der Waals surface area contributed by atoms with Gasteiger partial charge in [-0.1, -0.05) is 170 Å². The molecule has 3 aliphatic rings. The van der Waals surface area contributed by atoms with Crippen molar-refractivity contribution in [3.8, 4) is 11.1 Å². The number of nitrogens with zero attached hydrogens (tertiary/aromatic N) is 2. The molecule has 0 saturated heterocycles. The lowest BCUT2D eigenvalue weighted by Crippen LogP contribution is -2.78. The fraction of sp³-hybridized carbons (Fsp3) is 0.0182. The number of benzene rings is 9. The van der Waals surface area contributed by atoms with E-state index in [4.69, 9.17) is 0 Å². The minimum Gasteiger partial charge on any atom is -0.310 e. The van der Waals surface area contributed by atoms with Crippen molar-refractivity contribution in [2.45, 2.75) is 5.41 Å². The molecule has 0 aliphatic carbocycles. The Bertz CT molecular complexity index is 3330. The van der Waals surface area contributed by atoms with E-state index in [1.165, 1.54) is 109 Å². The highest BCUT2D eigenvalue weighted by Crippen LogP contribution is 2.59. The van der Waals surface area contributed by atoms with Crippen LogP contribution in [0.25, 0.3) is 49.2 Å². The Morgan fingerprint density at radius 1 is 0.345 bits per heavy atom. The van der Waals surface area contributed by atoms with Crippen molar-refractivity contribution in [2.24, 2.45) is 0 Å². The van der Waals surface area contributed by atoms with Crippen LogP contribution in [0.2, 0.25) is 0 Å². The van der Waals surface area contributed by atoms with E-state index in [0.717, 1.165) is 0 Å². The second-order valence-corrected chi connectivity index (χ2v) is 20.0. The van der Waals surface area contributed by atoms with Crippen molar-refractivity contribution < 1.29 is 0 Å². The predicted octanol–water partition coefficient (Wildman–Crippen LogP) is 10.7. The van der Waals surface area contributed by atoms with E-state index in [-0.39, 0.29) is 0 Å². The first-order valence-electron chi connectivity index (χ1n) is 20.4. The number of aromatic nitrogens is 1. The van der Waals surface area contributed by atoms with E-state index in [2.05, 4.69) is 216 Å². The monoisotopic (exact) mass is 750 g/mol. The fourth-order valence-electron chi connectivity index (χ4n) is 12.0. The van der Waals surface area contributed by atoms with Gasteiger partial charge in [-0.3, -0.25) is 0 Å². The average Bonchev–Trinajstić information content (AvgIpc) is 3.92. The lowest BCUT2D eigenvalue weighted by Gasteiger charge is -2.52. The predicted molar refractivity (Wildman–Crippen MR) is 244 cm³/mol. The van der Waals surface area contributed by atoms with Gasteiger partial charge in [-0.15, -0.1) is 0 Å². The molecule has 0 N–H and O–H groups in total. The molecule has 9 aromatic carbocycles. The van der Waals surface area contributed by atoms with E-state index in [1.807, 2.05) is 0 Å². The molecule has 2 aromatic heterocycles. The molecule has 0 atom stereocenters. The quantitative estimate of drug-likeness (QED) is 0.152. The Balaban J connectivity index is 1.12. The molecule has 268 valence electrons. The number of para-hydroxylation sites is 4. The zero-order valence-corrected chi connectivity index (χ0v) is 32.5. The van der Waals surface area contributed by atoms with Gasteiger partial charge in [0, 0.05) is 27.2 Å². The molecule has 0 radical (unpaired) electrons. The van der Waals surface area contributed by atoms with Crippen LogP contribution in [-0.2, 0) is 5.41 Å². The van der Waals surface area contributed by atoms with E-state index in [0.29, 0.717) is 0 Å². The van der Waals surface area contributed by atoms with Crippen LogP contribution in [0.4, 0.5) is 17.1 Å². The molecule has 0 unspecified atom stereocenters. The van der Waals surface area contributed by atoms with Gasteiger partial charge in [-0.05, 0) is 90.5 Å². The maximum absolute atomic E-state index is 2.74. The summed E-state index contributed by atoms with van der Waals surface area (Å²) in [6, 6.07) is 78.8. The highest BCUT2D eigenvalue weighted by Gasteiger charge is 2.60. The molecule has 0 fully saturated rings. The summed E-state index contributed by atoms with van der Waals surface area (Å²) in [7, 11) is -2.74. The molecular formula is C55H34N2Si. The molecule has 14 rings (SSSR count). The third kappa shape index (κ3) is 3.41. The third-order valence-electron chi connectivity index (χ3n) is 14.0. The van der Waals surface area contributed by atoms with E-state index in [1.54, 1.807) is 0 Å². The number of rotatable bonds is 1. The van der Waals surface area contributed by atoms with Crippen LogP contribution in [0.1, 0.15) is 22.3 Å². The number of fused-ring (bicyclic) bond motifs is 21. The maximum Gasteiger partial charge on any atom is 0.181 e. The summed E-state index contributed by atoms with van der Waals surface area (Å²) in [5, 5.41) is 11.1. The van der Waals surface area contributed by atoms with Crippen molar-refractivity contribution in [1.29, 1.82) is 0 Å². The van der Waals surface area contributed by atoms with Crippen LogP contribution >= 0.6 is 0 Å². The normalized spacial score (nSPS) is 15.1. The van der Waals surface area contributed by atoms with Crippen molar-refractivity contribution in [2.75, 3.05) is 4.90 Å². The molecule has 58 heavy (non-hydrogen) atoms. The summed E-state index contributed by atoms with van der Waals surface area (Å²) >= 11 is 0. The van der Waals surface area contributed by atoms with Crippen LogP contribution in [0.5, 0.6) is 0 Å². The topological polar surface area (TPSA) is 7.65 Å². The molecule has 2 nitrogen and oxygen atoms in total. The number of anilines is 3.